The predicted molar refractivity (Wildman–Crippen MR) is 70.2 cm³/mol. The summed E-state index contributed by atoms with van der Waals surface area (Å²) in [6.07, 6.45) is 4.03. The number of hydrogen-bond donors (Lipinski definition) is 0. The van der Waals surface area contributed by atoms with Crippen LogP contribution in [-0.4, -0.2) is 24.3 Å². The van der Waals surface area contributed by atoms with E-state index in [1.165, 1.54) is 24.0 Å². The fourth-order valence-electron chi connectivity index (χ4n) is 1.80. The molecule has 0 amide bonds. The van der Waals surface area contributed by atoms with E-state index in [2.05, 4.69) is 56.9 Å². The average molecular weight is 208 g/mol. The highest BCUT2D eigenvalue weighted by Gasteiger charge is 2.09. The molecule has 0 aromatic heterocycles. The standard InChI is InChI=1S/C13H21P/c1-4-14(5-2,6-3)12-13-10-8-7-9-11-13/h7-12H,4-6H2,1-3H3. The Kier molecular flexibility index (Phi) is 4.48. The lowest BCUT2D eigenvalue weighted by Gasteiger charge is -2.21. The second kappa shape index (κ2) is 5.41. The molecule has 0 saturated carbocycles. The molecule has 1 aromatic carbocycles. The molecule has 0 aliphatic rings. The van der Waals surface area contributed by atoms with E-state index in [-0.39, 0.29) is 0 Å². The normalized spacial score (nSPS) is 11.4. The third-order valence-corrected chi connectivity index (χ3v) is 7.74. The van der Waals surface area contributed by atoms with Crippen LogP contribution in [0.4, 0.5) is 0 Å². The first-order valence-corrected chi connectivity index (χ1v) is 7.94. The Morgan fingerprint density at radius 1 is 0.929 bits per heavy atom. The van der Waals surface area contributed by atoms with Gasteiger partial charge in [0.1, 0.15) is 0 Å². The van der Waals surface area contributed by atoms with Crippen molar-refractivity contribution in [2.75, 3.05) is 18.5 Å². The molecule has 1 rings (SSSR count). The second-order valence-corrected chi connectivity index (χ2v) is 8.30. The van der Waals surface area contributed by atoms with Crippen LogP contribution in [-0.2, 0) is 0 Å². The van der Waals surface area contributed by atoms with E-state index in [1.807, 2.05) is 0 Å². The van der Waals surface area contributed by atoms with E-state index in [9.17, 15) is 0 Å². The lowest BCUT2D eigenvalue weighted by molar-refractivity contribution is 1.34. The van der Waals surface area contributed by atoms with Crippen molar-refractivity contribution in [1.29, 1.82) is 0 Å². The van der Waals surface area contributed by atoms with E-state index in [4.69, 9.17) is 0 Å². The fourth-order valence-corrected chi connectivity index (χ4v) is 4.49. The molecule has 0 bridgehead atoms. The third kappa shape index (κ3) is 2.75. The maximum absolute atomic E-state index is 2.55. The fraction of sp³-hybridized carbons (Fsp3) is 0.462. The van der Waals surface area contributed by atoms with Gasteiger partial charge in [0, 0.05) is 0 Å². The van der Waals surface area contributed by atoms with Crippen molar-refractivity contribution in [1.82, 2.24) is 0 Å². The summed E-state index contributed by atoms with van der Waals surface area (Å²) in [4.78, 5) is 0. The SMILES string of the molecule is CCP(=Cc1ccccc1)(CC)CC. The predicted octanol–water partition coefficient (Wildman–Crippen LogP) is 3.91. The molecule has 0 spiro atoms. The Balaban J connectivity index is 3.05. The monoisotopic (exact) mass is 208 g/mol. The van der Waals surface area contributed by atoms with Gasteiger partial charge < -0.3 is 0 Å². The number of hydrogen-bond acceptors (Lipinski definition) is 0. The molecule has 0 N–H and O–H groups in total. The molecule has 0 aliphatic carbocycles. The summed E-state index contributed by atoms with van der Waals surface area (Å²) in [5, 5.41) is 0. The molecule has 0 radical (unpaired) electrons. The Hall–Kier alpha value is -0.480. The van der Waals surface area contributed by atoms with Gasteiger partial charge in [-0.05, 0) is 24.0 Å². The van der Waals surface area contributed by atoms with Crippen molar-refractivity contribution in [3.63, 3.8) is 0 Å². The maximum atomic E-state index is 2.55. The highest BCUT2D eigenvalue weighted by Crippen LogP contribution is 2.45. The summed E-state index contributed by atoms with van der Waals surface area (Å²) in [5.41, 5.74) is 1.41. The van der Waals surface area contributed by atoms with E-state index in [1.54, 1.807) is 0 Å². The summed E-state index contributed by atoms with van der Waals surface area (Å²) in [6, 6.07) is 10.8. The van der Waals surface area contributed by atoms with Gasteiger partial charge in [-0.2, -0.15) is 0 Å². The first kappa shape index (κ1) is 11.6. The zero-order valence-corrected chi connectivity index (χ0v) is 10.4. The van der Waals surface area contributed by atoms with Gasteiger partial charge in [-0.3, -0.25) is 0 Å². The second-order valence-electron chi connectivity index (χ2n) is 3.71. The highest BCUT2D eigenvalue weighted by molar-refractivity contribution is 7.75. The molecule has 14 heavy (non-hydrogen) atoms. The van der Waals surface area contributed by atoms with Gasteiger partial charge in [0.05, 0.1) is 0 Å². The number of rotatable bonds is 4. The summed E-state index contributed by atoms with van der Waals surface area (Å²) in [6.45, 7) is 6.21. The van der Waals surface area contributed by atoms with Crippen LogP contribution in [0.25, 0.3) is 0 Å². The van der Waals surface area contributed by atoms with E-state index >= 15 is 0 Å². The Morgan fingerprint density at radius 3 is 1.86 bits per heavy atom. The minimum Gasteiger partial charge on any atom is -0.105 e. The number of benzene rings is 1. The molecule has 0 atom stereocenters. The minimum absolute atomic E-state index is 0.786. The first-order chi connectivity index (χ1) is 6.76. The molecule has 0 aliphatic heterocycles. The van der Waals surface area contributed by atoms with Crippen molar-refractivity contribution in [2.45, 2.75) is 20.8 Å². The molecular weight excluding hydrogens is 187 g/mol. The van der Waals surface area contributed by atoms with Crippen molar-refractivity contribution < 1.29 is 0 Å². The van der Waals surface area contributed by atoms with Crippen molar-refractivity contribution >= 4 is 12.7 Å². The Labute approximate surface area is 88.3 Å². The summed E-state index contributed by atoms with van der Waals surface area (Å²) < 4.78 is 0. The van der Waals surface area contributed by atoms with Crippen molar-refractivity contribution in [2.24, 2.45) is 0 Å². The van der Waals surface area contributed by atoms with Crippen LogP contribution in [0.15, 0.2) is 30.3 Å². The van der Waals surface area contributed by atoms with E-state index < -0.39 is 6.89 Å². The first-order valence-electron chi connectivity index (χ1n) is 5.53. The quantitative estimate of drug-likeness (QED) is 0.658. The molecule has 0 heterocycles. The zero-order chi connectivity index (χ0) is 10.4. The van der Waals surface area contributed by atoms with Crippen LogP contribution in [0.5, 0.6) is 0 Å². The van der Waals surface area contributed by atoms with Crippen LogP contribution >= 0.6 is 6.89 Å². The van der Waals surface area contributed by atoms with Gasteiger partial charge in [0.15, 0.2) is 0 Å². The molecule has 1 heteroatoms. The maximum Gasteiger partial charge on any atom is -0.0255 e. The largest absolute Gasteiger partial charge is 0.105 e. The molecule has 78 valence electrons. The highest BCUT2D eigenvalue weighted by atomic mass is 31.2. The minimum atomic E-state index is -0.786. The van der Waals surface area contributed by atoms with Gasteiger partial charge in [0.25, 0.3) is 0 Å². The zero-order valence-electron chi connectivity index (χ0n) is 9.53. The van der Waals surface area contributed by atoms with E-state index in [0.717, 1.165) is 0 Å². The molecule has 0 saturated heterocycles. The lowest BCUT2D eigenvalue weighted by atomic mass is 10.2. The van der Waals surface area contributed by atoms with Gasteiger partial charge in [-0.25, -0.2) is 0 Å². The Bertz CT molecular complexity index is 292. The van der Waals surface area contributed by atoms with Gasteiger partial charge >= 0.3 is 0 Å². The van der Waals surface area contributed by atoms with Gasteiger partial charge in [0.2, 0.25) is 0 Å². The molecule has 0 fully saturated rings. The van der Waals surface area contributed by atoms with E-state index in [0.29, 0.717) is 0 Å². The van der Waals surface area contributed by atoms with Crippen LogP contribution < -0.4 is 0 Å². The molecule has 0 unspecified atom stereocenters. The van der Waals surface area contributed by atoms with Gasteiger partial charge in [-0.15, -0.1) is 6.89 Å². The topological polar surface area (TPSA) is 0 Å². The van der Waals surface area contributed by atoms with Crippen LogP contribution in [0.2, 0.25) is 0 Å². The smallest absolute Gasteiger partial charge is 0.0255 e. The lowest BCUT2D eigenvalue weighted by Crippen LogP contribution is -1.97. The Morgan fingerprint density at radius 2 is 1.43 bits per heavy atom. The van der Waals surface area contributed by atoms with Crippen LogP contribution in [0.1, 0.15) is 26.3 Å². The summed E-state index contributed by atoms with van der Waals surface area (Å²) in [5.74, 6) is 2.55. The molecular formula is C13H21P. The van der Waals surface area contributed by atoms with Crippen LogP contribution in [0.3, 0.4) is 0 Å². The van der Waals surface area contributed by atoms with Crippen molar-refractivity contribution in [3.8, 4) is 0 Å². The summed E-state index contributed by atoms with van der Waals surface area (Å²) in [7, 11) is 0. The molecule has 1 aromatic rings. The molecule has 0 nitrogen and oxygen atoms in total. The average Bonchev–Trinajstić information content (AvgIpc) is 2.28. The van der Waals surface area contributed by atoms with Crippen LogP contribution in [0, 0.1) is 0 Å². The van der Waals surface area contributed by atoms with Crippen molar-refractivity contribution in [3.05, 3.63) is 35.9 Å². The van der Waals surface area contributed by atoms with Gasteiger partial charge in [-0.1, -0.05) is 56.9 Å². The third-order valence-electron chi connectivity index (χ3n) is 3.11. The summed E-state index contributed by atoms with van der Waals surface area (Å²) >= 11 is 0.